The summed E-state index contributed by atoms with van der Waals surface area (Å²) in [7, 11) is -1.93. The summed E-state index contributed by atoms with van der Waals surface area (Å²) in [6, 6.07) is 0. The highest BCUT2D eigenvalue weighted by Gasteiger charge is 2.25. The lowest BCUT2D eigenvalue weighted by atomic mass is 10.5. The smallest absolute Gasteiger partial charge is 0.219 e. The normalized spacial score (nSPS) is 14.4. The second-order valence-electron chi connectivity index (χ2n) is 3.27. The van der Waals surface area contributed by atoms with E-state index in [0.717, 1.165) is 5.69 Å². The molecule has 1 unspecified atom stereocenters. The van der Waals surface area contributed by atoms with Crippen LogP contribution in [0.25, 0.3) is 0 Å². The first kappa shape index (κ1) is 12.6. The molecule has 15 heavy (non-hydrogen) atoms. The molecule has 1 rings (SSSR count). The summed E-state index contributed by atoms with van der Waals surface area (Å²) in [5, 5.41) is 9.85. The fourth-order valence-electron chi connectivity index (χ4n) is 1.04. The summed E-state index contributed by atoms with van der Waals surface area (Å²) in [6.45, 7) is 1.35. The van der Waals surface area contributed by atoms with Crippen LogP contribution in [0.2, 0.25) is 0 Å². The molecule has 1 heterocycles. The van der Waals surface area contributed by atoms with Crippen molar-refractivity contribution < 1.29 is 13.5 Å². The van der Waals surface area contributed by atoms with Gasteiger partial charge in [0, 0.05) is 12.4 Å². The molecule has 0 amide bonds. The lowest BCUT2D eigenvalue weighted by Crippen LogP contribution is -2.36. The van der Waals surface area contributed by atoms with Crippen LogP contribution in [0.1, 0.15) is 12.6 Å². The Labute approximate surface area is 93.4 Å². The van der Waals surface area contributed by atoms with E-state index in [2.05, 4.69) is 4.98 Å². The molecular weight excluding hydrogens is 236 g/mol. The number of aliphatic hydroxyl groups is 1. The third-order valence-electron chi connectivity index (χ3n) is 2.07. The van der Waals surface area contributed by atoms with Crippen molar-refractivity contribution >= 4 is 21.4 Å². The highest BCUT2D eigenvalue weighted by Crippen LogP contribution is 2.11. The van der Waals surface area contributed by atoms with Crippen LogP contribution >= 0.6 is 11.3 Å². The first-order valence-electron chi connectivity index (χ1n) is 4.41. The maximum atomic E-state index is 11.7. The fraction of sp³-hybridized carbons (Fsp3) is 0.625. The summed E-state index contributed by atoms with van der Waals surface area (Å²) in [5.41, 5.74) is 2.38. The van der Waals surface area contributed by atoms with E-state index in [1.54, 1.807) is 10.9 Å². The third-order valence-corrected chi connectivity index (χ3v) is 4.87. The Morgan fingerprint density at radius 1 is 1.67 bits per heavy atom. The highest BCUT2D eigenvalue weighted by atomic mass is 32.2. The molecule has 0 aliphatic heterocycles. The summed E-state index contributed by atoms with van der Waals surface area (Å²) in [6.07, 6.45) is 0. The number of aromatic nitrogens is 1. The summed E-state index contributed by atoms with van der Waals surface area (Å²) < 4.78 is 24.7. The van der Waals surface area contributed by atoms with Gasteiger partial charge in [-0.15, -0.1) is 11.3 Å². The zero-order chi connectivity index (χ0) is 11.5. The SMILES string of the molecule is CC(CO)S(=O)(=O)N(C)Cc1cscn1. The number of hydrogen-bond acceptors (Lipinski definition) is 5. The van der Waals surface area contributed by atoms with E-state index in [-0.39, 0.29) is 13.2 Å². The third kappa shape index (κ3) is 2.97. The zero-order valence-corrected chi connectivity index (χ0v) is 10.3. The van der Waals surface area contributed by atoms with Crippen molar-refractivity contribution in [2.75, 3.05) is 13.7 Å². The van der Waals surface area contributed by atoms with Crippen molar-refractivity contribution in [1.82, 2.24) is 9.29 Å². The maximum Gasteiger partial charge on any atom is 0.219 e. The van der Waals surface area contributed by atoms with Gasteiger partial charge in [-0.05, 0) is 6.92 Å². The molecule has 0 bridgehead atoms. The predicted molar refractivity (Wildman–Crippen MR) is 59.0 cm³/mol. The number of sulfonamides is 1. The molecule has 86 valence electrons. The largest absolute Gasteiger partial charge is 0.395 e. The zero-order valence-electron chi connectivity index (χ0n) is 8.62. The molecular formula is C8H14N2O3S2. The monoisotopic (exact) mass is 250 g/mol. The van der Waals surface area contributed by atoms with Gasteiger partial charge in [-0.25, -0.2) is 13.4 Å². The number of hydrogen-bond donors (Lipinski definition) is 1. The Balaban J connectivity index is 2.72. The average molecular weight is 250 g/mol. The van der Waals surface area contributed by atoms with E-state index in [0.29, 0.717) is 0 Å². The summed E-state index contributed by atoms with van der Waals surface area (Å²) >= 11 is 1.42. The van der Waals surface area contributed by atoms with Crippen LogP contribution in [-0.2, 0) is 16.6 Å². The molecule has 0 aliphatic carbocycles. The Bertz CT molecular complexity index is 388. The second kappa shape index (κ2) is 5.02. The van der Waals surface area contributed by atoms with Crippen molar-refractivity contribution in [2.24, 2.45) is 0 Å². The van der Waals surface area contributed by atoms with Gasteiger partial charge in [-0.3, -0.25) is 0 Å². The van der Waals surface area contributed by atoms with Gasteiger partial charge in [0.05, 0.1) is 29.6 Å². The molecule has 0 saturated heterocycles. The van der Waals surface area contributed by atoms with Crippen LogP contribution < -0.4 is 0 Å². The van der Waals surface area contributed by atoms with Crippen molar-refractivity contribution in [3.05, 3.63) is 16.6 Å². The lowest BCUT2D eigenvalue weighted by molar-refractivity contribution is 0.290. The minimum atomic E-state index is -3.42. The first-order valence-corrected chi connectivity index (χ1v) is 6.86. The van der Waals surface area contributed by atoms with Crippen LogP contribution in [0.4, 0.5) is 0 Å². The quantitative estimate of drug-likeness (QED) is 0.815. The van der Waals surface area contributed by atoms with Gasteiger partial charge >= 0.3 is 0 Å². The molecule has 0 radical (unpaired) electrons. The number of nitrogens with zero attached hydrogens (tertiary/aromatic N) is 2. The fourth-order valence-corrected chi connectivity index (χ4v) is 2.70. The molecule has 0 spiro atoms. The van der Waals surface area contributed by atoms with E-state index in [1.165, 1.54) is 29.6 Å². The number of rotatable bonds is 5. The molecule has 7 heteroatoms. The molecule has 0 aliphatic rings. The van der Waals surface area contributed by atoms with Crippen LogP contribution in [0.5, 0.6) is 0 Å². The maximum absolute atomic E-state index is 11.7. The van der Waals surface area contributed by atoms with Crippen molar-refractivity contribution in [1.29, 1.82) is 0 Å². The van der Waals surface area contributed by atoms with Gasteiger partial charge in [0.15, 0.2) is 0 Å². The Hall–Kier alpha value is -0.500. The van der Waals surface area contributed by atoms with Gasteiger partial charge in [0.2, 0.25) is 10.0 Å². The van der Waals surface area contributed by atoms with Crippen molar-refractivity contribution in [2.45, 2.75) is 18.7 Å². The molecule has 0 fully saturated rings. The van der Waals surface area contributed by atoms with Gasteiger partial charge in [-0.1, -0.05) is 0 Å². The summed E-state index contributed by atoms with van der Waals surface area (Å²) in [4.78, 5) is 4.00. The van der Waals surface area contributed by atoms with Gasteiger partial charge < -0.3 is 5.11 Å². The molecule has 0 aromatic carbocycles. The van der Waals surface area contributed by atoms with Crippen LogP contribution in [0, 0.1) is 0 Å². The van der Waals surface area contributed by atoms with Gasteiger partial charge in [-0.2, -0.15) is 4.31 Å². The Morgan fingerprint density at radius 3 is 2.80 bits per heavy atom. The standard InChI is InChI=1S/C8H14N2O3S2/c1-7(4-11)15(12,13)10(2)3-8-5-14-6-9-8/h5-7,11H,3-4H2,1-2H3. The van der Waals surface area contributed by atoms with Gasteiger partial charge in [0.25, 0.3) is 0 Å². The topological polar surface area (TPSA) is 70.5 Å². The molecule has 0 saturated carbocycles. The second-order valence-corrected chi connectivity index (χ2v) is 6.45. The first-order chi connectivity index (χ1) is 6.98. The van der Waals surface area contributed by atoms with E-state index in [9.17, 15) is 8.42 Å². The van der Waals surface area contributed by atoms with E-state index in [1.807, 2.05) is 0 Å². The number of aliphatic hydroxyl groups excluding tert-OH is 1. The minimum Gasteiger partial charge on any atom is -0.395 e. The lowest BCUT2D eigenvalue weighted by Gasteiger charge is -2.19. The Morgan fingerprint density at radius 2 is 2.33 bits per heavy atom. The molecule has 1 aromatic heterocycles. The predicted octanol–water partition coefficient (Wildman–Crippen LogP) is 0.285. The average Bonchev–Trinajstić information content (AvgIpc) is 2.68. The minimum absolute atomic E-state index is 0.246. The van der Waals surface area contributed by atoms with E-state index in [4.69, 9.17) is 5.11 Å². The van der Waals surface area contributed by atoms with E-state index < -0.39 is 15.3 Å². The van der Waals surface area contributed by atoms with Crippen molar-refractivity contribution in [3.8, 4) is 0 Å². The Kier molecular flexibility index (Phi) is 4.21. The number of thiazole rings is 1. The van der Waals surface area contributed by atoms with Crippen LogP contribution in [-0.4, -0.2) is 41.7 Å². The summed E-state index contributed by atoms with van der Waals surface area (Å²) in [5.74, 6) is 0. The highest BCUT2D eigenvalue weighted by molar-refractivity contribution is 7.89. The van der Waals surface area contributed by atoms with Crippen LogP contribution in [0.15, 0.2) is 10.9 Å². The molecule has 1 N–H and O–H groups in total. The molecule has 1 atom stereocenters. The van der Waals surface area contributed by atoms with Crippen molar-refractivity contribution in [3.63, 3.8) is 0 Å². The van der Waals surface area contributed by atoms with Crippen LogP contribution in [0.3, 0.4) is 0 Å². The molecule has 1 aromatic rings. The van der Waals surface area contributed by atoms with Gasteiger partial charge in [0.1, 0.15) is 0 Å². The van der Waals surface area contributed by atoms with E-state index >= 15 is 0 Å². The molecule has 5 nitrogen and oxygen atoms in total.